The number of hydrogen-bond acceptors (Lipinski definition) is 5. The third kappa shape index (κ3) is 3.00. The Balaban J connectivity index is 1.41. The minimum absolute atomic E-state index is 0.155. The molecule has 5 rings (SSSR count). The van der Waals surface area contributed by atoms with Gasteiger partial charge in [0, 0.05) is 22.3 Å². The molecule has 1 aliphatic carbocycles. The number of carbonyl (C=O) groups excluding carboxylic acids is 1. The highest BCUT2D eigenvalue weighted by molar-refractivity contribution is 6.12. The molecule has 0 atom stereocenters. The summed E-state index contributed by atoms with van der Waals surface area (Å²) in [5.41, 5.74) is 3.89. The molecule has 2 heterocycles. The van der Waals surface area contributed by atoms with Crippen LogP contribution in [0.4, 0.5) is 5.69 Å². The van der Waals surface area contributed by atoms with Gasteiger partial charge in [0.05, 0.1) is 17.1 Å². The van der Waals surface area contributed by atoms with Crippen LogP contribution in [0.5, 0.6) is 0 Å². The van der Waals surface area contributed by atoms with E-state index in [2.05, 4.69) is 25.8 Å². The van der Waals surface area contributed by atoms with Gasteiger partial charge in [-0.25, -0.2) is 4.68 Å². The molecule has 0 bridgehead atoms. The minimum atomic E-state index is -0.155. The van der Waals surface area contributed by atoms with Gasteiger partial charge in [-0.05, 0) is 66.6 Å². The fraction of sp³-hybridized carbons (Fsp3) is 0.190. The van der Waals surface area contributed by atoms with Crippen LogP contribution in [0.1, 0.15) is 34.9 Å². The normalized spacial score (nSPS) is 13.6. The number of amides is 1. The Morgan fingerprint density at radius 1 is 1.11 bits per heavy atom. The van der Waals surface area contributed by atoms with Crippen LogP contribution in [0.15, 0.2) is 54.6 Å². The van der Waals surface area contributed by atoms with Crippen molar-refractivity contribution in [1.82, 2.24) is 25.2 Å². The van der Waals surface area contributed by atoms with Crippen molar-refractivity contribution in [1.29, 1.82) is 0 Å². The van der Waals surface area contributed by atoms with Gasteiger partial charge in [-0.15, -0.1) is 5.10 Å². The largest absolute Gasteiger partial charge is 0.322 e. The van der Waals surface area contributed by atoms with Crippen LogP contribution in [0.3, 0.4) is 0 Å². The number of benzene rings is 2. The Hall–Kier alpha value is -3.61. The van der Waals surface area contributed by atoms with Crippen molar-refractivity contribution in [3.63, 3.8) is 0 Å². The predicted molar refractivity (Wildman–Crippen MR) is 106 cm³/mol. The number of para-hydroxylation sites is 1. The number of aryl methyl sites for hydroxylation is 1. The maximum absolute atomic E-state index is 12.9. The number of anilines is 1. The Morgan fingerprint density at radius 3 is 2.68 bits per heavy atom. The molecule has 2 aromatic heterocycles. The van der Waals surface area contributed by atoms with Crippen LogP contribution < -0.4 is 5.32 Å². The summed E-state index contributed by atoms with van der Waals surface area (Å²) in [5.74, 6) is 0.605. The Morgan fingerprint density at radius 2 is 1.89 bits per heavy atom. The van der Waals surface area contributed by atoms with Gasteiger partial charge in [-0.3, -0.25) is 9.78 Å². The highest BCUT2D eigenvalue weighted by atomic mass is 16.1. The summed E-state index contributed by atoms with van der Waals surface area (Å²) in [6, 6.07) is 17.5. The second-order valence-electron chi connectivity index (χ2n) is 7.04. The van der Waals surface area contributed by atoms with E-state index in [0.717, 1.165) is 46.5 Å². The number of aromatic nitrogens is 5. The van der Waals surface area contributed by atoms with Crippen molar-refractivity contribution >= 4 is 22.5 Å². The van der Waals surface area contributed by atoms with Crippen LogP contribution >= 0.6 is 0 Å². The fourth-order valence-electron chi connectivity index (χ4n) is 3.35. The lowest BCUT2D eigenvalue weighted by Gasteiger charge is -2.10. The zero-order valence-corrected chi connectivity index (χ0v) is 15.3. The molecular weight excluding hydrogens is 352 g/mol. The number of rotatable bonds is 4. The summed E-state index contributed by atoms with van der Waals surface area (Å²) >= 11 is 0. The predicted octanol–water partition coefficient (Wildman–Crippen LogP) is 3.78. The Labute approximate surface area is 161 Å². The second kappa shape index (κ2) is 6.53. The van der Waals surface area contributed by atoms with Crippen LogP contribution in [0.25, 0.3) is 22.3 Å². The number of tetrazole rings is 1. The first kappa shape index (κ1) is 16.6. The average Bonchev–Trinajstić information content (AvgIpc) is 3.44. The van der Waals surface area contributed by atoms with Gasteiger partial charge in [-0.2, -0.15) is 0 Å². The molecule has 0 saturated heterocycles. The van der Waals surface area contributed by atoms with E-state index in [4.69, 9.17) is 0 Å². The lowest BCUT2D eigenvalue weighted by molar-refractivity contribution is 0.102. The highest BCUT2D eigenvalue weighted by Gasteiger charge is 2.28. The van der Waals surface area contributed by atoms with E-state index < -0.39 is 0 Å². The maximum Gasteiger partial charge on any atom is 0.256 e. The maximum atomic E-state index is 12.9. The zero-order valence-electron chi connectivity index (χ0n) is 15.3. The van der Waals surface area contributed by atoms with E-state index in [1.165, 1.54) is 0 Å². The third-order valence-electron chi connectivity index (χ3n) is 4.88. The monoisotopic (exact) mass is 370 g/mol. The van der Waals surface area contributed by atoms with Gasteiger partial charge in [-0.1, -0.05) is 18.2 Å². The van der Waals surface area contributed by atoms with Crippen molar-refractivity contribution in [2.45, 2.75) is 25.8 Å². The van der Waals surface area contributed by atoms with Crippen LogP contribution in [-0.2, 0) is 0 Å². The molecule has 28 heavy (non-hydrogen) atoms. The standard InChI is InChI=1S/C21H18N6O/c1-13-12-18(17-4-2-3-5-19(17)22-13)21(28)23-15-8-6-14(7-9-15)20-24-25-26-27(20)16-10-11-16/h2-9,12,16H,10-11H2,1H3,(H,23,28). The van der Waals surface area contributed by atoms with Crippen LogP contribution in [-0.4, -0.2) is 31.1 Å². The van der Waals surface area contributed by atoms with E-state index in [9.17, 15) is 4.79 Å². The molecule has 0 aliphatic heterocycles. The Bertz CT molecular complexity index is 1180. The van der Waals surface area contributed by atoms with Gasteiger partial charge < -0.3 is 5.32 Å². The van der Waals surface area contributed by atoms with E-state index in [1.54, 1.807) is 0 Å². The van der Waals surface area contributed by atoms with E-state index in [1.807, 2.05) is 66.2 Å². The summed E-state index contributed by atoms with van der Waals surface area (Å²) in [6.07, 6.45) is 2.23. The molecule has 1 aliphatic rings. The summed E-state index contributed by atoms with van der Waals surface area (Å²) in [4.78, 5) is 17.4. The highest BCUT2D eigenvalue weighted by Crippen LogP contribution is 2.36. The number of carbonyl (C=O) groups is 1. The summed E-state index contributed by atoms with van der Waals surface area (Å²) in [6.45, 7) is 1.89. The van der Waals surface area contributed by atoms with Crippen molar-refractivity contribution in [3.05, 3.63) is 65.9 Å². The van der Waals surface area contributed by atoms with Crippen molar-refractivity contribution in [3.8, 4) is 11.4 Å². The molecule has 1 saturated carbocycles. The molecule has 1 amide bonds. The first-order valence-corrected chi connectivity index (χ1v) is 9.25. The molecule has 0 spiro atoms. The number of pyridine rings is 1. The second-order valence-corrected chi connectivity index (χ2v) is 7.04. The van der Waals surface area contributed by atoms with Gasteiger partial charge in [0.2, 0.25) is 0 Å². The minimum Gasteiger partial charge on any atom is -0.322 e. The molecule has 138 valence electrons. The van der Waals surface area contributed by atoms with Gasteiger partial charge in [0.1, 0.15) is 0 Å². The molecule has 4 aromatic rings. The summed E-state index contributed by atoms with van der Waals surface area (Å²) < 4.78 is 1.87. The van der Waals surface area contributed by atoms with Crippen molar-refractivity contribution in [2.75, 3.05) is 5.32 Å². The third-order valence-corrected chi connectivity index (χ3v) is 4.88. The Kier molecular flexibility index (Phi) is 3.86. The number of fused-ring (bicyclic) bond motifs is 1. The van der Waals surface area contributed by atoms with Gasteiger partial charge >= 0.3 is 0 Å². The van der Waals surface area contributed by atoms with Gasteiger partial charge in [0.15, 0.2) is 5.82 Å². The fourth-order valence-corrected chi connectivity index (χ4v) is 3.35. The molecule has 0 radical (unpaired) electrons. The molecule has 2 aromatic carbocycles. The summed E-state index contributed by atoms with van der Waals surface area (Å²) in [5, 5.41) is 15.8. The van der Waals surface area contributed by atoms with Crippen molar-refractivity contribution < 1.29 is 4.79 Å². The zero-order chi connectivity index (χ0) is 19.1. The average molecular weight is 370 g/mol. The molecule has 7 nitrogen and oxygen atoms in total. The number of nitrogens with one attached hydrogen (secondary N) is 1. The smallest absolute Gasteiger partial charge is 0.256 e. The van der Waals surface area contributed by atoms with Gasteiger partial charge in [0.25, 0.3) is 5.91 Å². The number of nitrogens with zero attached hydrogens (tertiary/aromatic N) is 5. The lowest BCUT2D eigenvalue weighted by atomic mass is 10.1. The van der Waals surface area contributed by atoms with Crippen LogP contribution in [0.2, 0.25) is 0 Å². The quantitative estimate of drug-likeness (QED) is 0.591. The topological polar surface area (TPSA) is 85.6 Å². The summed E-state index contributed by atoms with van der Waals surface area (Å²) in [7, 11) is 0. The molecule has 1 fully saturated rings. The molecule has 7 heteroatoms. The lowest BCUT2D eigenvalue weighted by Crippen LogP contribution is -2.13. The van der Waals surface area contributed by atoms with Crippen LogP contribution in [0, 0.1) is 6.92 Å². The van der Waals surface area contributed by atoms with E-state index >= 15 is 0 Å². The molecular formula is C21H18N6O. The molecule has 0 unspecified atom stereocenters. The first-order valence-electron chi connectivity index (χ1n) is 9.25. The van der Waals surface area contributed by atoms with E-state index in [-0.39, 0.29) is 5.91 Å². The SMILES string of the molecule is Cc1cc(C(=O)Nc2ccc(-c3nnnn3C3CC3)cc2)c2ccccc2n1. The number of hydrogen-bond donors (Lipinski definition) is 1. The first-order chi connectivity index (χ1) is 13.7. The van der Waals surface area contributed by atoms with E-state index in [0.29, 0.717) is 11.6 Å². The molecule has 1 N–H and O–H groups in total. The van der Waals surface area contributed by atoms with Crippen molar-refractivity contribution in [2.24, 2.45) is 0 Å².